The molecule has 0 aromatic heterocycles. The third-order valence-corrected chi connectivity index (χ3v) is 3.99. The third-order valence-electron chi connectivity index (χ3n) is 3.99. The van der Waals surface area contributed by atoms with Crippen LogP contribution in [0.2, 0.25) is 0 Å². The lowest BCUT2D eigenvalue weighted by Gasteiger charge is -2.30. The minimum atomic E-state index is -0.664. The molecule has 1 aromatic rings. The zero-order chi connectivity index (χ0) is 14.5. The van der Waals surface area contributed by atoms with E-state index in [9.17, 15) is 4.79 Å². The molecule has 1 heterocycles. The highest BCUT2D eigenvalue weighted by Crippen LogP contribution is 2.22. The summed E-state index contributed by atoms with van der Waals surface area (Å²) in [5.41, 5.74) is 2.42. The van der Waals surface area contributed by atoms with Crippen LogP contribution in [0.3, 0.4) is 0 Å². The Labute approximate surface area is 120 Å². The molecule has 0 aliphatic carbocycles. The first-order chi connectivity index (χ1) is 9.60. The normalized spacial score (nSPS) is 19.8. The SMILES string of the molecule is COc1ccc(C)cc1CCN1CCCC(C(=O)O)C1. The van der Waals surface area contributed by atoms with Crippen molar-refractivity contribution in [3.05, 3.63) is 29.3 Å². The van der Waals surface area contributed by atoms with Gasteiger partial charge in [-0.05, 0) is 44.4 Å². The van der Waals surface area contributed by atoms with Gasteiger partial charge in [0.2, 0.25) is 0 Å². The largest absolute Gasteiger partial charge is 0.496 e. The minimum Gasteiger partial charge on any atom is -0.496 e. The standard InChI is InChI=1S/C16H23NO3/c1-12-5-6-15(20-2)13(10-12)7-9-17-8-3-4-14(11-17)16(18)19/h5-6,10,14H,3-4,7-9,11H2,1-2H3,(H,18,19). The summed E-state index contributed by atoms with van der Waals surface area (Å²) in [5, 5.41) is 9.11. The summed E-state index contributed by atoms with van der Waals surface area (Å²) in [6.07, 6.45) is 2.68. The number of piperidine rings is 1. The van der Waals surface area contributed by atoms with E-state index in [1.54, 1.807) is 7.11 Å². The van der Waals surface area contributed by atoms with Crippen LogP contribution >= 0.6 is 0 Å². The topological polar surface area (TPSA) is 49.8 Å². The van der Waals surface area contributed by atoms with Crippen molar-refractivity contribution in [1.82, 2.24) is 4.90 Å². The van der Waals surface area contributed by atoms with E-state index in [0.29, 0.717) is 6.54 Å². The number of aliphatic carboxylic acids is 1. The van der Waals surface area contributed by atoms with Crippen molar-refractivity contribution in [2.45, 2.75) is 26.2 Å². The maximum atomic E-state index is 11.1. The molecule has 110 valence electrons. The Morgan fingerprint density at radius 1 is 1.50 bits per heavy atom. The molecule has 1 unspecified atom stereocenters. The number of benzene rings is 1. The van der Waals surface area contributed by atoms with Crippen LogP contribution in [0.25, 0.3) is 0 Å². The van der Waals surface area contributed by atoms with Crippen LogP contribution in [-0.4, -0.2) is 42.7 Å². The summed E-state index contributed by atoms with van der Waals surface area (Å²) in [4.78, 5) is 13.3. The smallest absolute Gasteiger partial charge is 0.307 e. The Morgan fingerprint density at radius 2 is 2.30 bits per heavy atom. The van der Waals surface area contributed by atoms with E-state index in [2.05, 4.69) is 17.9 Å². The van der Waals surface area contributed by atoms with Gasteiger partial charge < -0.3 is 14.7 Å². The Balaban J connectivity index is 1.95. The molecule has 4 nitrogen and oxygen atoms in total. The van der Waals surface area contributed by atoms with Crippen LogP contribution < -0.4 is 4.74 Å². The Bertz CT molecular complexity index is 473. The van der Waals surface area contributed by atoms with Gasteiger partial charge in [0, 0.05) is 13.1 Å². The predicted octanol–water partition coefficient (Wildman–Crippen LogP) is 2.34. The fourth-order valence-corrected chi connectivity index (χ4v) is 2.84. The number of likely N-dealkylation sites (tertiary alicyclic amines) is 1. The van der Waals surface area contributed by atoms with Gasteiger partial charge in [-0.2, -0.15) is 0 Å². The zero-order valence-corrected chi connectivity index (χ0v) is 12.3. The van der Waals surface area contributed by atoms with Crippen molar-refractivity contribution in [3.63, 3.8) is 0 Å². The van der Waals surface area contributed by atoms with Crippen molar-refractivity contribution in [1.29, 1.82) is 0 Å². The first-order valence-corrected chi connectivity index (χ1v) is 7.19. The van der Waals surface area contributed by atoms with Crippen molar-refractivity contribution in [2.75, 3.05) is 26.7 Å². The summed E-state index contributed by atoms with van der Waals surface area (Å²) in [6.45, 7) is 4.63. The summed E-state index contributed by atoms with van der Waals surface area (Å²) < 4.78 is 5.39. The van der Waals surface area contributed by atoms with Crippen LogP contribution in [0.1, 0.15) is 24.0 Å². The number of rotatable bonds is 5. The van der Waals surface area contributed by atoms with Gasteiger partial charge in [0.15, 0.2) is 0 Å². The lowest BCUT2D eigenvalue weighted by atomic mass is 9.97. The second-order valence-electron chi connectivity index (χ2n) is 5.54. The van der Waals surface area contributed by atoms with E-state index in [1.165, 1.54) is 11.1 Å². The zero-order valence-electron chi connectivity index (χ0n) is 12.3. The summed E-state index contributed by atoms with van der Waals surface area (Å²) in [6, 6.07) is 6.20. The number of carbonyl (C=O) groups is 1. The van der Waals surface area contributed by atoms with E-state index in [0.717, 1.165) is 38.1 Å². The van der Waals surface area contributed by atoms with Crippen LogP contribution in [0.5, 0.6) is 5.75 Å². The van der Waals surface area contributed by atoms with Gasteiger partial charge in [0.1, 0.15) is 5.75 Å². The van der Waals surface area contributed by atoms with Crippen molar-refractivity contribution < 1.29 is 14.6 Å². The molecule has 0 spiro atoms. The third kappa shape index (κ3) is 3.73. The molecule has 1 N–H and O–H groups in total. The van der Waals surface area contributed by atoms with E-state index in [4.69, 9.17) is 9.84 Å². The fourth-order valence-electron chi connectivity index (χ4n) is 2.84. The van der Waals surface area contributed by atoms with Gasteiger partial charge in [-0.15, -0.1) is 0 Å². The highest BCUT2D eigenvalue weighted by atomic mass is 16.5. The Kier molecular flexibility index (Phi) is 5.01. The fraction of sp³-hybridized carbons (Fsp3) is 0.562. The molecule has 1 fully saturated rings. The molecule has 20 heavy (non-hydrogen) atoms. The monoisotopic (exact) mass is 277 g/mol. The molecule has 0 bridgehead atoms. The molecular weight excluding hydrogens is 254 g/mol. The maximum absolute atomic E-state index is 11.1. The van der Waals surface area contributed by atoms with Gasteiger partial charge in [-0.3, -0.25) is 4.79 Å². The molecule has 0 radical (unpaired) electrons. The molecule has 1 aromatic carbocycles. The van der Waals surface area contributed by atoms with E-state index in [1.807, 2.05) is 12.1 Å². The van der Waals surface area contributed by atoms with Gasteiger partial charge in [-0.1, -0.05) is 17.7 Å². The number of carboxylic acids is 1. The summed E-state index contributed by atoms with van der Waals surface area (Å²) in [7, 11) is 1.69. The second-order valence-corrected chi connectivity index (χ2v) is 5.54. The quantitative estimate of drug-likeness (QED) is 0.897. The molecule has 1 aliphatic rings. The van der Waals surface area contributed by atoms with Crippen molar-refractivity contribution in [3.8, 4) is 5.75 Å². The number of carboxylic acid groups (broad SMARTS) is 1. The maximum Gasteiger partial charge on any atom is 0.307 e. The van der Waals surface area contributed by atoms with E-state index in [-0.39, 0.29) is 5.92 Å². The molecule has 0 saturated carbocycles. The van der Waals surface area contributed by atoms with Gasteiger partial charge in [-0.25, -0.2) is 0 Å². The lowest BCUT2D eigenvalue weighted by Crippen LogP contribution is -2.39. The molecule has 1 saturated heterocycles. The number of nitrogens with zero attached hydrogens (tertiary/aromatic N) is 1. The molecular formula is C16H23NO3. The highest BCUT2D eigenvalue weighted by molar-refractivity contribution is 5.70. The lowest BCUT2D eigenvalue weighted by molar-refractivity contribution is -0.143. The van der Waals surface area contributed by atoms with Gasteiger partial charge >= 0.3 is 5.97 Å². The van der Waals surface area contributed by atoms with E-state index < -0.39 is 5.97 Å². The van der Waals surface area contributed by atoms with Gasteiger partial charge in [0.05, 0.1) is 13.0 Å². The number of ether oxygens (including phenoxy) is 1. The van der Waals surface area contributed by atoms with Gasteiger partial charge in [0.25, 0.3) is 0 Å². The molecule has 2 rings (SSSR count). The summed E-state index contributed by atoms with van der Waals surface area (Å²) in [5.74, 6) is 0.0494. The number of hydrogen-bond donors (Lipinski definition) is 1. The number of methoxy groups -OCH3 is 1. The highest BCUT2D eigenvalue weighted by Gasteiger charge is 2.25. The first-order valence-electron chi connectivity index (χ1n) is 7.19. The Hall–Kier alpha value is -1.55. The Morgan fingerprint density at radius 3 is 3.00 bits per heavy atom. The molecule has 4 heteroatoms. The molecule has 0 amide bonds. The predicted molar refractivity (Wildman–Crippen MR) is 78.2 cm³/mol. The van der Waals surface area contributed by atoms with Crippen molar-refractivity contribution >= 4 is 5.97 Å². The number of hydrogen-bond acceptors (Lipinski definition) is 3. The van der Waals surface area contributed by atoms with Crippen LogP contribution in [0.4, 0.5) is 0 Å². The van der Waals surface area contributed by atoms with E-state index >= 15 is 0 Å². The molecule has 1 aliphatic heterocycles. The number of aryl methyl sites for hydroxylation is 1. The second kappa shape index (κ2) is 6.75. The average Bonchev–Trinajstić information content (AvgIpc) is 2.45. The van der Waals surface area contributed by atoms with Crippen LogP contribution in [0.15, 0.2) is 18.2 Å². The minimum absolute atomic E-state index is 0.205. The van der Waals surface area contributed by atoms with Crippen LogP contribution in [-0.2, 0) is 11.2 Å². The average molecular weight is 277 g/mol. The first kappa shape index (κ1) is 14.9. The van der Waals surface area contributed by atoms with Crippen molar-refractivity contribution in [2.24, 2.45) is 5.92 Å². The summed E-state index contributed by atoms with van der Waals surface area (Å²) >= 11 is 0. The molecule has 1 atom stereocenters. The van der Waals surface area contributed by atoms with Crippen LogP contribution in [0, 0.1) is 12.8 Å².